The Morgan fingerprint density at radius 2 is 1.85 bits per heavy atom. The number of carbonyl (C=O) groups is 1. The van der Waals surface area contributed by atoms with Gasteiger partial charge in [0.05, 0.1) is 23.2 Å². The Morgan fingerprint density at radius 1 is 1.15 bits per heavy atom. The van der Waals surface area contributed by atoms with Crippen molar-refractivity contribution in [2.75, 3.05) is 19.8 Å². The Balaban J connectivity index is 2.07. The van der Waals surface area contributed by atoms with Crippen molar-refractivity contribution >= 4 is 40.2 Å². The molecule has 0 aliphatic carbocycles. The number of rotatable bonds is 5. The highest BCUT2D eigenvalue weighted by Gasteiger charge is 2.15. The molecule has 134 valence electrons. The molecule has 0 aliphatic heterocycles. The minimum atomic E-state index is -0.143. The van der Waals surface area contributed by atoms with E-state index in [0.29, 0.717) is 27.6 Å². The first kappa shape index (κ1) is 18.5. The number of benzene rings is 2. The second-order valence-electron chi connectivity index (χ2n) is 5.97. The maximum atomic E-state index is 13.0. The van der Waals surface area contributed by atoms with Crippen molar-refractivity contribution in [2.24, 2.45) is 0 Å². The molecule has 1 amide bonds. The van der Waals surface area contributed by atoms with Crippen LogP contribution in [0, 0.1) is 0 Å². The number of aromatic nitrogens is 2. The number of thioether (sulfide) groups is 1. The van der Waals surface area contributed by atoms with E-state index < -0.39 is 0 Å². The average molecular weight is 388 g/mol. The molecular weight excluding hydrogens is 370 g/mol. The lowest BCUT2D eigenvalue weighted by Crippen LogP contribution is -2.26. The van der Waals surface area contributed by atoms with Gasteiger partial charge in [0.15, 0.2) is 5.16 Å². The van der Waals surface area contributed by atoms with Gasteiger partial charge in [-0.2, -0.15) is 0 Å². The van der Waals surface area contributed by atoms with Crippen molar-refractivity contribution < 1.29 is 4.79 Å². The van der Waals surface area contributed by atoms with E-state index in [1.54, 1.807) is 36.9 Å². The van der Waals surface area contributed by atoms with Crippen molar-refractivity contribution in [2.45, 2.75) is 11.7 Å². The van der Waals surface area contributed by atoms with Crippen LogP contribution in [-0.2, 0) is 11.3 Å². The first-order chi connectivity index (χ1) is 12.5. The SMILES string of the molecule is CN(C)C(=O)CSc1nc2ccccc2c(=O)n1Cc1ccccc1Cl. The quantitative estimate of drug-likeness (QED) is 0.498. The molecule has 2 aromatic carbocycles. The molecule has 0 saturated heterocycles. The van der Waals surface area contributed by atoms with Gasteiger partial charge in [0.1, 0.15) is 0 Å². The molecule has 0 spiro atoms. The van der Waals surface area contributed by atoms with E-state index in [1.165, 1.54) is 16.7 Å². The third-order valence-electron chi connectivity index (χ3n) is 3.94. The summed E-state index contributed by atoms with van der Waals surface area (Å²) in [5.74, 6) is 0.169. The van der Waals surface area contributed by atoms with Crippen molar-refractivity contribution in [1.82, 2.24) is 14.5 Å². The van der Waals surface area contributed by atoms with Crippen LogP contribution < -0.4 is 5.56 Å². The number of para-hydroxylation sites is 1. The summed E-state index contributed by atoms with van der Waals surface area (Å²) in [5, 5.41) is 1.64. The Hall–Kier alpha value is -2.31. The van der Waals surface area contributed by atoms with Gasteiger partial charge in [-0.15, -0.1) is 0 Å². The van der Waals surface area contributed by atoms with Gasteiger partial charge in [-0.3, -0.25) is 14.2 Å². The van der Waals surface area contributed by atoms with Gasteiger partial charge < -0.3 is 4.90 Å². The van der Waals surface area contributed by atoms with Gasteiger partial charge in [0, 0.05) is 19.1 Å². The summed E-state index contributed by atoms with van der Waals surface area (Å²) < 4.78 is 1.58. The zero-order valence-electron chi connectivity index (χ0n) is 14.5. The molecule has 5 nitrogen and oxygen atoms in total. The summed E-state index contributed by atoms with van der Waals surface area (Å²) >= 11 is 7.52. The summed E-state index contributed by atoms with van der Waals surface area (Å²) in [7, 11) is 3.40. The van der Waals surface area contributed by atoms with Crippen LogP contribution in [0.2, 0.25) is 5.02 Å². The summed E-state index contributed by atoms with van der Waals surface area (Å²) in [6, 6.07) is 14.6. The third kappa shape index (κ3) is 3.92. The molecule has 0 bridgehead atoms. The molecule has 0 aliphatic rings. The maximum absolute atomic E-state index is 13.0. The molecule has 0 unspecified atom stereocenters. The fraction of sp³-hybridized carbons (Fsp3) is 0.211. The smallest absolute Gasteiger partial charge is 0.262 e. The van der Waals surface area contributed by atoms with Crippen LogP contribution in [-0.4, -0.2) is 40.2 Å². The van der Waals surface area contributed by atoms with E-state index in [1.807, 2.05) is 30.3 Å². The fourth-order valence-electron chi connectivity index (χ4n) is 2.45. The molecule has 0 N–H and O–H groups in total. The Morgan fingerprint density at radius 3 is 2.58 bits per heavy atom. The highest BCUT2D eigenvalue weighted by atomic mass is 35.5. The minimum absolute atomic E-state index is 0.0401. The first-order valence-corrected chi connectivity index (χ1v) is 9.39. The van der Waals surface area contributed by atoms with Gasteiger partial charge in [0.2, 0.25) is 5.91 Å². The number of carbonyl (C=O) groups excluding carboxylic acids is 1. The van der Waals surface area contributed by atoms with E-state index in [0.717, 1.165) is 5.56 Å². The molecule has 0 fully saturated rings. The van der Waals surface area contributed by atoms with Crippen LogP contribution in [0.5, 0.6) is 0 Å². The van der Waals surface area contributed by atoms with E-state index in [4.69, 9.17) is 11.6 Å². The monoisotopic (exact) mass is 387 g/mol. The normalized spacial score (nSPS) is 10.9. The lowest BCUT2D eigenvalue weighted by molar-refractivity contribution is -0.125. The molecule has 26 heavy (non-hydrogen) atoms. The number of amides is 1. The van der Waals surface area contributed by atoms with Crippen molar-refractivity contribution in [3.63, 3.8) is 0 Å². The predicted molar refractivity (Wildman–Crippen MR) is 106 cm³/mol. The number of fused-ring (bicyclic) bond motifs is 1. The van der Waals surface area contributed by atoms with E-state index in [9.17, 15) is 9.59 Å². The summed E-state index contributed by atoms with van der Waals surface area (Å²) in [6.45, 7) is 0.300. The fourth-order valence-corrected chi connectivity index (χ4v) is 3.62. The van der Waals surface area contributed by atoms with Gasteiger partial charge in [-0.25, -0.2) is 4.98 Å². The number of hydrogen-bond acceptors (Lipinski definition) is 4. The van der Waals surface area contributed by atoms with Gasteiger partial charge in [-0.05, 0) is 23.8 Å². The third-order valence-corrected chi connectivity index (χ3v) is 5.27. The maximum Gasteiger partial charge on any atom is 0.262 e. The highest BCUT2D eigenvalue weighted by molar-refractivity contribution is 7.99. The lowest BCUT2D eigenvalue weighted by Gasteiger charge is -2.15. The summed E-state index contributed by atoms with van der Waals surface area (Å²) in [4.78, 5) is 31.1. The largest absolute Gasteiger partial charge is 0.348 e. The van der Waals surface area contributed by atoms with Crippen molar-refractivity contribution in [1.29, 1.82) is 0 Å². The molecule has 1 aromatic heterocycles. The van der Waals surface area contributed by atoms with Gasteiger partial charge >= 0.3 is 0 Å². The van der Waals surface area contributed by atoms with Crippen LogP contribution in [0.1, 0.15) is 5.56 Å². The summed E-state index contributed by atoms with van der Waals surface area (Å²) in [6.07, 6.45) is 0. The van der Waals surface area contributed by atoms with Gasteiger partial charge in [-0.1, -0.05) is 53.7 Å². The Bertz CT molecular complexity index is 1020. The molecule has 1 heterocycles. The molecule has 0 radical (unpaired) electrons. The Kier molecular flexibility index (Phi) is 5.64. The van der Waals surface area contributed by atoms with E-state index >= 15 is 0 Å². The second kappa shape index (κ2) is 7.93. The molecule has 3 aromatic rings. The van der Waals surface area contributed by atoms with Crippen LogP contribution in [0.3, 0.4) is 0 Å². The van der Waals surface area contributed by atoms with Crippen LogP contribution in [0.4, 0.5) is 0 Å². The van der Waals surface area contributed by atoms with E-state index in [2.05, 4.69) is 4.98 Å². The summed E-state index contributed by atoms with van der Waals surface area (Å²) in [5.41, 5.74) is 1.30. The lowest BCUT2D eigenvalue weighted by atomic mass is 10.2. The van der Waals surface area contributed by atoms with Crippen LogP contribution in [0.15, 0.2) is 58.5 Å². The van der Waals surface area contributed by atoms with Crippen molar-refractivity contribution in [3.05, 3.63) is 69.5 Å². The average Bonchev–Trinajstić information content (AvgIpc) is 2.63. The van der Waals surface area contributed by atoms with E-state index in [-0.39, 0.29) is 17.2 Å². The van der Waals surface area contributed by atoms with Gasteiger partial charge in [0.25, 0.3) is 5.56 Å². The first-order valence-electron chi connectivity index (χ1n) is 8.03. The second-order valence-corrected chi connectivity index (χ2v) is 7.32. The van der Waals surface area contributed by atoms with Crippen LogP contribution >= 0.6 is 23.4 Å². The zero-order valence-corrected chi connectivity index (χ0v) is 16.0. The molecule has 3 rings (SSSR count). The number of nitrogens with zero attached hydrogens (tertiary/aromatic N) is 3. The predicted octanol–water partition coefficient (Wildman–Crippen LogP) is 3.28. The number of halogens is 1. The standard InChI is InChI=1S/C19H18ClN3O2S/c1-22(2)17(24)12-26-19-21-16-10-6-4-8-14(16)18(25)23(19)11-13-7-3-5-9-15(13)20/h3-10H,11-12H2,1-2H3. The highest BCUT2D eigenvalue weighted by Crippen LogP contribution is 2.21. The topological polar surface area (TPSA) is 55.2 Å². The molecule has 7 heteroatoms. The minimum Gasteiger partial charge on any atom is -0.348 e. The van der Waals surface area contributed by atoms with Crippen molar-refractivity contribution in [3.8, 4) is 0 Å². The molecular formula is C19H18ClN3O2S. The molecule has 0 atom stereocenters. The van der Waals surface area contributed by atoms with Crippen LogP contribution in [0.25, 0.3) is 10.9 Å². The number of hydrogen-bond donors (Lipinski definition) is 0. The Labute approximate surface area is 160 Å². The zero-order chi connectivity index (χ0) is 18.7. The molecule has 0 saturated carbocycles.